The van der Waals surface area contributed by atoms with Gasteiger partial charge in [0.25, 0.3) is 0 Å². The Bertz CT molecular complexity index is 146. The average molecular weight is 230 g/mol. The Morgan fingerprint density at radius 2 is 1.53 bits per heavy atom. The summed E-state index contributed by atoms with van der Waals surface area (Å²) in [5.74, 6) is 1.18. The minimum atomic E-state index is -1.43. The molecule has 0 spiro atoms. The molecule has 0 aromatic heterocycles. The van der Waals surface area contributed by atoms with Gasteiger partial charge in [-0.1, -0.05) is 33.8 Å². The molecule has 15 heavy (non-hydrogen) atoms. The monoisotopic (exact) mass is 230 g/mol. The second-order valence-corrected chi connectivity index (χ2v) is 6.85. The van der Waals surface area contributed by atoms with Crippen molar-refractivity contribution < 1.29 is 8.85 Å². The Hall–Kier alpha value is -0.123. The van der Waals surface area contributed by atoms with Crippen LogP contribution < -0.4 is 0 Å². The van der Waals surface area contributed by atoms with Gasteiger partial charge in [-0.15, -0.1) is 6.58 Å². The van der Waals surface area contributed by atoms with Gasteiger partial charge in [-0.05, 0) is 24.3 Å². The van der Waals surface area contributed by atoms with E-state index in [1.807, 2.05) is 6.08 Å². The summed E-state index contributed by atoms with van der Waals surface area (Å²) in [6, 6.07) is 1.04. The summed E-state index contributed by atoms with van der Waals surface area (Å²) in [7, 11) is -1.43. The maximum atomic E-state index is 5.82. The highest BCUT2D eigenvalue weighted by molar-refractivity contribution is 6.44. The van der Waals surface area contributed by atoms with Crippen LogP contribution in [0.2, 0.25) is 6.04 Å². The first-order valence-electron chi connectivity index (χ1n) is 5.90. The normalized spacial score (nSPS) is 11.7. The second kappa shape index (κ2) is 9.13. The SMILES string of the molecule is C=CCC[SiH](OCC(C)C)OCC(C)C. The molecule has 0 atom stereocenters. The Morgan fingerprint density at radius 1 is 1.07 bits per heavy atom. The lowest BCUT2D eigenvalue weighted by molar-refractivity contribution is 0.163. The van der Waals surface area contributed by atoms with Crippen LogP contribution in [0.3, 0.4) is 0 Å². The van der Waals surface area contributed by atoms with Gasteiger partial charge in [0, 0.05) is 13.2 Å². The maximum absolute atomic E-state index is 5.82. The highest BCUT2D eigenvalue weighted by atomic mass is 28.3. The van der Waals surface area contributed by atoms with Crippen molar-refractivity contribution in [2.24, 2.45) is 11.8 Å². The largest absolute Gasteiger partial charge is 0.396 e. The van der Waals surface area contributed by atoms with Crippen molar-refractivity contribution in [3.05, 3.63) is 12.7 Å². The third-order valence-electron chi connectivity index (χ3n) is 1.84. The van der Waals surface area contributed by atoms with E-state index in [1.54, 1.807) is 0 Å². The fraction of sp³-hybridized carbons (Fsp3) is 0.833. The van der Waals surface area contributed by atoms with Gasteiger partial charge in [-0.3, -0.25) is 0 Å². The quantitative estimate of drug-likeness (QED) is 0.447. The Labute approximate surface area is 96.5 Å². The lowest BCUT2D eigenvalue weighted by Crippen LogP contribution is -2.26. The molecule has 0 radical (unpaired) electrons. The van der Waals surface area contributed by atoms with Crippen molar-refractivity contribution in [1.82, 2.24) is 0 Å². The maximum Gasteiger partial charge on any atom is 0.321 e. The van der Waals surface area contributed by atoms with Crippen LogP contribution in [0.4, 0.5) is 0 Å². The molecule has 0 saturated carbocycles. The molecule has 2 nitrogen and oxygen atoms in total. The van der Waals surface area contributed by atoms with Crippen LogP contribution in [0.1, 0.15) is 34.1 Å². The molecule has 90 valence electrons. The Balaban J connectivity index is 3.77. The molecule has 0 aliphatic heterocycles. The van der Waals surface area contributed by atoms with E-state index in [9.17, 15) is 0 Å². The van der Waals surface area contributed by atoms with E-state index in [0.29, 0.717) is 11.8 Å². The smallest absolute Gasteiger partial charge is 0.321 e. The molecule has 0 unspecified atom stereocenters. The summed E-state index contributed by atoms with van der Waals surface area (Å²) >= 11 is 0. The predicted molar refractivity (Wildman–Crippen MR) is 68.4 cm³/mol. The molecule has 0 amide bonds. The predicted octanol–water partition coefficient (Wildman–Crippen LogP) is 3.13. The van der Waals surface area contributed by atoms with Crippen LogP contribution in [0.15, 0.2) is 12.7 Å². The van der Waals surface area contributed by atoms with Crippen LogP contribution in [0, 0.1) is 11.8 Å². The van der Waals surface area contributed by atoms with Crippen molar-refractivity contribution in [2.75, 3.05) is 13.2 Å². The van der Waals surface area contributed by atoms with Crippen LogP contribution in [0.5, 0.6) is 0 Å². The molecule has 0 fully saturated rings. The summed E-state index contributed by atoms with van der Waals surface area (Å²) in [5.41, 5.74) is 0. The Morgan fingerprint density at radius 3 is 1.87 bits per heavy atom. The molecule has 0 aromatic carbocycles. The molecule has 0 aliphatic carbocycles. The lowest BCUT2D eigenvalue weighted by atomic mass is 10.2. The molecular formula is C12H26O2Si. The van der Waals surface area contributed by atoms with E-state index in [-0.39, 0.29) is 0 Å². The summed E-state index contributed by atoms with van der Waals surface area (Å²) in [6.07, 6.45) is 2.95. The van der Waals surface area contributed by atoms with E-state index in [1.165, 1.54) is 0 Å². The summed E-state index contributed by atoms with van der Waals surface area (Å²) in [5, 5.41) is 0. The molecule has 0 bridgehead atoms. The molecule has 0 aliphatic rings. The second-order valence-electron chi connectivity index (χ2n) is 4.75. The molecule has 0 heterocycles. The molecule has 0 saturated heterocycles. The van der Waals surface area contributed by atoms with E-state index in [0.717, 1.165) is 25.7 Å². The van der Waals surface area contributed by atoms with Crippen LogP contribution in [-0.4, -0.2) is 22.5 Å². The van der Waals surface area contributed by atoms with Gasteiger partial charge >= 0.3 is 9.28 Å². The first-order chi connectivity index (χ1) is 7.06. The van der Waals surface area contributed by atoms with E-state index in [2.05, 4.69) is 34.3 Å². The highest BCUT2D eigenvalue weighted by Gasteiger charge is 2.13. The lowest BCUT2D eigenvalue weighted by Gasteiger charge is -2.18. The summed E-state index contributed by atoms with van der Waals surface area (Å²) in [4.78, 5) is 0. The minimum Gasteiger partial charge on any atom is -0.396 e. The van der Waals surface area contributed by atoms with Crippen molar-refractivity contribution in [3.63, 3.8) is 0 Å². The number of allylic oxidation sites excluding steroid dienone is 1. The highest BCUT2D eigenvalue weighted by Crippen LogP contribution is 2.06. The van der Waals surface area contributed by atoms with Crippen LogP contribution >= 0.6 is 0 Å². The van der Waals surface area contributed by atoms with Crippen LogP contribution in [-0.2, 0) is 8.85 Å². The van der Waals surface area contributed by atoms with Crippen molar-refractivity contribution in [3.8, 4) is 0 Å². The van der Waals surface area contributed by atoms with Crippen molar-refractivity contribution >= 4 is 9.28 Å². The van der Waals surface area contributed by atoms with Gasteiger partial charge in [-0.25, -0.2) is 0 Å². The van der Waals surface area contributed by atoms with E-state index >= 15 is 0 Å². The van der Waals surface area contributed by atoms with Gasteiger partial charge in [-0.2, -0.15) is 0 Å². The topological polar surface area (TPSA) is 18.5 Å². The molecule has 0 aromatic rings. The number of rotatable bonds is 9. The minimum absolute atomic E-state index is 0.589. The van der Waals surface area contributed by atoms with Gasteiger partial charge in [0.05, 0.1) is 0 Å². The fourth-order valence-electron chi connectivity index (χ4n) is 1.07. The summed E-state index contributed by atoms with van der Waals surface area (Å²) < 4.78 is 11.6. The van der Waals surface area contributed by atoms with Crippen LogP contribution in [0.25, 0.3) is 0 Å². The number of hydrogen-bond acceptors (Lipinski definition) is 2. The summed E-state index contributed by atoms with van der Waals surface area (Å²) in [6.45, 7) is 14.1. The first kappa shape index (κ1) is 14.9. The average Bonchev–Trinajstić information content (AvgIpc) is 2.16. The first-order valence-corrected chi connectivity index (χ1v) is 7.66. The molecular weight excluding hydrogens is 204 g/mol. The van der Waals surface area contributed by atoms with Gasteiger partial charge in [0.1, 0.15) is 0 Å². The van der Waals surface area contributed by atoms with Crippen molar-refractivity contribution in [1.29, 1.82) is 0 Å². The van der Waals surface area contributed by atoms with E-state index < -0.39 is 9.28 Å². The fourth-order valence-corrected chi connectivity index (χ4v) is 3.20. The third kappa shape index (κ3) is 10.2. The standard InChI is InChI=1S/C12H26O2Si/c1-6-7-8-15(13-9-11(2)3)14-10-12(4)5/h6,11-12,15H,1,7-10H2,2-5H3. The van der Waals surface area contributed by atoms with Crippen molar-refractivity contribution in [2.45, 2.75) is 40.2 Å². The van der Waals surface area contributed by atoms with Gasteiger partial charge in [0.15, 0.2) is 0 Å². The zero-order valence-corrected chi connectivity index (χ0v) is 11.8. The molecule has 0 rings (SSSR count). The zero-order chi connectivity index (χ0) is 11.7. The Kier molecular flexibility index (Phi) is 9.05. The van der Waals surface area contributed by atoms with E-state index in [4.69, 9.17) is 8.85 Å². The number of hydrogen-bond donors (Lipinski definition) is 0. The zero-order valence-electron chi connectivity index (χ0n) is 10.7. The van der Waals surface area contributed by atoms with Gasteiger partial charge in [0.2, 0.25) is 0 Å². The van der Waals surface area contributed by atoms with Gasteiger partial charge < -0.3 is 8.85 Å². The molecule has 0 N–H and O–H groups in total. The third-order valence-corrected chi connectivity index (χ3v) is 3.77. The molecule has 3 heteroatoms.